The van der Waals surface area contributed by atoms with E-state index in [1.807, 2.05) is 41.1 Å². The summed E-state index contributed by atoms with van der Waals surface area (Å²) in [6.45, 7) is 4.39. The normalized spacial score (nSPS) is 13.3. The van der Waals surface area contributed by atoms with E-state index < -0.39 is 0 Å². The maximum Gasteiger partial charge on any atom is 0.0765 e. The van der Waals surface area contributed by atoms with Crippen LogP contribution in [0.2, 0.25) is 0 Å². The maximum absolute atomic E-state index is 3.47. The highest BCUT2D eigenvalue weighted by Crippen LogP contribution is 2.38. The molecule has 0 aliphatic heterocycles. The standard InChI is InChI=1S/C14H15NS3/c1-8-6-9(2)17-14(8)13(15-3)12-7-11-10(18-12)4-5-16-11/h4-7,13,15H,1-3H3. The molecule has 1 N–H and O–H groups in total. The molecular weight excluding hydrogens is 278 g/mol. The zero-order valence-corrected chi connectivity index (χ0v) is 13.1. The second kappa shape index (κ2) is 4.78. The smallest absolute Gasteiger partial charge is 0.0765 e. The lowest BCUT2D eigenvalue weighted by Crippen LogP contribution is -2.15. The summed E-state index contributed by atoms with van der Waals surface area (Å²) in [7, 11) is 2.05. The van der Waals surface area contributed by atoms with Gasteiger partial charge in [0, 0.05) is 24.0 Å². The molecule has 0 saturated carbocycles. The van der Waals surface area contributed by atoms with Crippen molar-refractivity contribution in [3.63, 3.8) is 0 Å². The molecule has 18 heavy (non-hydrogen) atoms. The predicted molar refractivity (Wildman–Crippen MR) is 84.4 cm³/mol. The van der Waals surface area contributed by atoms with E-state index in [-0.39, 0.29) is 0 Å². The van der Waals surface area contributed by atoms with Crippen molar-refractivity contribution in [2.45, 2.75) is 19.9 Å². The molecule has 0 aromatic carbocycles. The van der Waals surface area contributed by atoms with Gasteiger partial charge in [0.15, 0.2) is 0 Å². The van der Waals surface area contributed by atoms with Crippen molar-refractivity contribution in [3.8, 4) is 0 Å². The first-order valence-electron chi connectivity index (χ1n) is 5.90. The molecule has 4 heteroatoms. The van der Waals surface area contributed by atoms with Crippen molar-refractivity contribution >= 4 is 43.4 Å². The van der Waals surface area contributed by atoms with Gasteiger partial charge in [0.2, 0.25) is 0 Å². The van der Waals surface area contributed by atoms with Gasteiger partial charge in [-0.05, 0) is 50.0 Å². The Kier molecular flexibility index (Phi) is 3.28. The Labute approximate surface area is 119 Å². The first-order chi connectivity index (χ1) is 8.69. The Balaban J connectivity index is 2.06. The van der Waals surface area contributed by atoms with Crippen LogP contribution in [0.1, 0.15) is 26.2 Å². The van der Waals surface area contributed by atoms with Crippen LogP contribution < -0.4 is 5.32 Å². The number of thiophene rings is 3. The Hall–Kier alpha value is -0.680. The van der Waals surface area contributed by atoms with Gasteiger partial charge < -0.3 is 5.32 Å². The molecule has 3 aromatic heterocycles. The summed E-state index contributed by atoms with van der Waals surface area (Å²) in [5, 5.41) is 5.63. The summed E-state index contributed by atoms with van der Waals surface area (Å²) < 4.78 is 2.81. The Morgan fingerprint density at radius 3 is 2.56 bits per heavy atom. The molecule has 3 rings (SSSR count). The Morgan fingerprint density at radius 1 is 1.11 bits per heavy atom. The average Bonchev–Trinajstić information content (AvgIpc) is 2.95. The Bertz CT molecular complexity index is 646. The monoisotopic (exact) mass is 293 g/mol. The van der Waals surface area contributed by atoms with Gasteiger partial charge >= 0.3 is 0 Å². The van der Waals surface area contributed by atoms with Crippen LogP contribution in [0, 0.1) is 13.8 Å². The zero-order valence-electron chi connectivity index (χ0n) is 10.6. The lowest BCUT2D eigenvalue weighted by Gasteiger charge is -2.13. The zero-order chi connectivity index (χ0) is 12.7. The molecule has 0 amide bonds. The molecule has 94 valence electrons. The van der Waals surface area contributed by atoms with E-state index in [0.29, 0.717) is 6.04 Å². The molecule has 0 aliphatic rings. The fourth-order valence-corrected chi connectivity index (χ4v) is 5.75. The lowest BCUT2D eigenvalue weighted by molar-refractivity contribution is 0.713. The third-order valence-corrected chi connectivity index (χ3v) is 6.45. The fourth-order valence-electron chi connectivity index (χ4n) is 2.28. The van der Waals surface area contributed by atoms with Gasteiger partial charge in [-0.2, -0.15) is 0 Å². The molecule has 0 fully saturated rings. The van der Waals surface area contributed by atoms with E-state index in [0.717, 1.165) is 0 Å². The lowest BCUT2D eigenvalue weighted by atomic mass is 10.1. The molecule has 1 atom stereocenters. The van der Waals surface area contributed by atoms with Gasteiger partial charge in [-0.1, -0.05) is 0 Å². The third kappa shape index (κ3) is 2.03. The summed E-state index contributed by atoms with van der Waals surface area (Å²) in [6, 6.07) is 7.17. The number of fused-ring (bicyclic) bond motifs is 1. The highest BCUT2D eigenvalue weighted by molar-refractivity contribution is 7.27. The average molecular weight is 293 g/mol. The van der Waals surface area contributed by atoms with Crippen LogP contribution in [-0.2, 0) is 0 Å². The maximum atomic E-state index is 3.47. The van der Waals surface area contributed by atoms with Gasteiger partial charge in [0.1, 0.15) is 0 Å². The van der Waals surface area contributed by atoms with Gasteiger partial charge in [-0.25, -0.2) is 0 Å². The van der Waals surface area contributed by atoms with Crippen LogP contribution in [0.4, 0.5) is 0 Å². The highest BCUT2D eigenvalue weighted by Gasteiger charge is 2.19. The van der Waals surface area contributed by atoms with Crippen molar-refractivity contribution in [1.29, 1.82) is 0 Å². The van der Waals surface area contributed by atoms with Crippen LogP contribution in [0.5, 0.6) is 0 Å². The molecule has 1 unspecified atom stereocenters. The van der Waals surface area contributed by atoms with Crippen LogP contribution in [-0.4, -0.2) is 7.05 Å². The van der Waals surface area contributed by atoms with E-state index in [1.54, 1.807) is 0 Å². The van der Waals surface area contributed by atoms with Crippen LogP contribution >= 0.6 is 34.0 Å². The minimum absolute atomic E-state index is 0.341. The van der Waals surface area contributed by atoms with Crippen molar-refractivity contribution in [2.75, 3.05) is 7.05 Å². The fraction of sp³-hybridized carbons (Fsp3) is 0.286. The van der Waals surface area contributed by atoms with Gasteiger partial charge in [0.25, 0.3) is 0 Å². The number of hydrogen-bond donors (Lipinski definition) is 1. The highest BCUT2D eigenvalue weighted by atomic mass is 32.1. The van der Waals surface area contributed by atoms with Gasteiger partial charge in [-0.3, -0.25) is 0 Å². The van der Waals surface area contributed by atoms with E-state index >= 15 is 0 Å². The van der Waals surface area contributed by atoms with Crippen molar-refractivity contribution < 1.29 is 0 Å². The van der Waals surface area contributed by atoms with E-state index in [1.165, 1.54) is 29.6 Å². The summed E-state index contributed by atoms with van der Waals surface area (Å²) in [5.74, 6) is 0. The van der Waals surface area contributed by atoms with Gasteiger partial charge in [0.05, 0.1) is 6.04 Å². The third-order valence-electron chi connectivity index (χ3n) is 3.07. The van der Waals surface area contributed by atoms with E-state index in [9.17, 15) is 0 Å². The molecule has 0 saturated heterocycles. The molecule has 0 aliphatic carbocycles. The van der Waals surface area contributed by atoms with E-state index in [2.05, 4.69) is 42.7 Å². The number of aryl methyl sites for hydroxylation is 2. The molecule has 0 spiro atoms. The number of hydrogen-bond acceptors (Lipinski definition) is 4. The molecular formula is C14H15NS3. The number of rotatable bonds is 3. The summed E-state index contributed by atoms with van der Waals surface area (Å²) >= 11 is 5.63. The topological polar surface area (TPSA) is 12.0 Å². The largest absolute Gasteiger partial charge is 0.308 e. The quantitative estimate of drug-likeness (QED) is 0.720. The molecule has 0 bridgehead atoms. The van der Waals surface area contributed by atoms with Crippen LogP contribution in [0.15, 0.2) is 23.6 Å². The van der Waals surface area contributed by atoms with E-state index in [4.69, 9.17) is 0 Å². The predicted octanol–water partition coefficient (Wildman–Crippen LogP) is 4.95. The summed E-state index contributed by atoms with van der Waals surface area (Å²) in [6.07, 6.45) is 0. The van der Waals surface area contributed by atoms with Crippen molar-refractivity contribution in [2.24, 2.45) is 0 Å². The minimum atomic E-state index is 0.341. The van der Waals surface area contributed by atoms with Crippen LogP contribution in [0.3, 0.4) is 0 Å². The second-order valence-corrected chi connectivity index (χ2v) is 7.77. The van der Waals surface area contributed by atoms with Gasteiger partial charge in [-0.15, -0.1) is 34.0 Å². The summed E-state index contributed by atoms with van der Waals surface area (Å²) in [4.78, 5) is 4.26. The van der Waals surface area contributed by atoms with Crippen LogP contribution in [0.25, 0.3) is 9.40 Å². The first kappa shape index (κ1) is 12.4. The Morgan fingerprint density at radius 2 is 1.94 bits per heavy atom. The molecule has 3 aromatic rings. The molecule has 3 heterocycles. The second-order valence-electron chi connectivity index (χ2n) is 4.42. The minimum Gasteiger partial charge on any atom is -0.308 e. The SMILES string of the molecule is CNC(c1cc2sccc2s1)c1sc(C)cc1C. The molecule has 1 nitrogen and oxygen atoms in total. The van der Waals surface area contributed by atoms with Crippen molar-refractivity contribution in [1.82, 2.24) is 5.32 Å². The summed E-state index contributed by atoms with van der Waals surface area (Å²) in [5.41, 5.74) is 1.40. The number of nitrogens with one attached hydrogen (secondary N) is 1. The molecule has 0 radical (unpaired) electrons. The first-order valence-corrected chi connectivity index (χ1v) is 8.41. The van der Waals surface area contributed by atoms with Crippen molar-refractivity contribution in [3.05, 3.63) is 43.8 Å².